The molecule has 1 aliphatic heterocycles. The number of anilines is 1. The number of nitrogens with one attached hydrogen (secondary N) is 2. The minimum absolute atomic E-state index is 0.114. The summed E-state index contributed by atoms with van der Waals surface area (Å²) in [5.74, 6) is -0.560. The van der Waals surface area contributed by atoms with Crippen LogP contribution in [0.3, 0.4) is 0 Å². The number of benzene rings is 1. The molecule has 3 rings (SSSR count). The van der Waals surface area contributed by atoms with Gasteiger partial charge in [-0.15, -0.1) is 0 Å². The molecule has 1 aromatic carbocycles. The van der Waals surface area contributed by atoms with Crippen LogP contribution in [0.25, 0.3) is 0 Å². The summed E-state index contributed by atoms with van der Waals surface area (Å²) < 4.78 is 0. The van der Waals surface area contributed by atoms with E-state index in [0.29, 0.717) is 32.4 Å². The number of hydrogen-bond acceptors (Lipinski definition) is 5. The highest BCUT2D eigenvalue weighted by molar-refractivity contribution is 5.85. The van der Waals surface area contributed by atoms with Crippen LogP contribution in [-0.2, 0) is 27.3 Å². The average molecular weight is 439 g/mol. The van der Waals surface area contributed by atoms with Crippen LogP contribution in [0.5, 0.6) is 0 Å². The lowest BCUT2D eigenvalue weighted by Gasteiger charge is -2.36. The van der Waals surface area contributed by atoms with E-state index in [9.17, 15) is 19.5 Å². The van der Waals surface area contributed by atoms with Crippen molar-refractivity contribution in [3.05, 3.63) is 59.3 Å². The summed E-state index contributed by atoms with van der Waals surface area (Å²) >= 11 is 0. The number of aryl methyl sites for hydroxylation is 1. The Hall–Kier alpha value is -3.42. The van der Waals surface area contributed by atoms with Crippen LogP contribution in [0.1, 0.15) is 42.4 Å². The molecule has 2 heterocycles. The number of carbonyl (C=O) groups excluding carboxylic acids is 2. The molecule has 1 aromatic heterocycles. The summed E-state index contributed by atoms with van der Waals surface area (Å²) in [4.78, 5) is 42.0. The van der Waals surface area contributed by atoms with Crippen molar-refractivity contribution >= 4 is 23.6 Å². The second-order valence-electron chi connectivity index (χ2n) is 8.13. The zero-order chi connectivity index (χ0) is 22.9. The Morgan fingerprint density at radius 3 is 2.69 bits per heavy atom. The van der Waals surface area contributed by atoms with Gasteiger partial charge in [0, 0.05) is 31.7 Å². The number of carboxylic acid groups (broad SMARTS) is 1. The number of hydrogen-bond donors (Lipinski definition) is 3. The second-order valence-corrected chi connectivity index (χ2v) is 8.13. The van der Waals surface area contributed by atoms with E-state index >= 15 is 0 Å². The van der Waals surface area contributed by atoms with E-state index in [4.69, 9.17) is 0 Å². The van der Waals surface area contributed by atoms with Crippen LogP contribution < -0.4 is 10.6 Å². The lowest BCUT2D eigenvalue weighted by atomic mass is 9.92. The van der Waals surface area contributed by atoms with Crippen LogP contribution in [0.2, 0.25) is 0 Å². The normalized spacial score (nSPS) is 15.0. The van der Waals surface area contributed by atoms with Gasteiger partial charge in [0.05, 0.1) is 13.0 Å². The first-order valence-corrected chi connectivity index (χ1v) is 10.9. The Morgan fingerprint density at radius 2 is 1.94 bits per heavy atom. The monoisotopic (exact) mass is 438 g/mol. The highest BCUT2D eigenvalue weighted by Gasteiger charge is 2.31. The second kappa shape index (κ2) is 11.3. The van der Waals surface area contributed by atoms with Crippen molar-refractivity contribution in [2.75, 3.05) is 18.4 Å². The van der Waals surface area contributed by atoms with Crippen molar-refractivity contribution in [3.63, 3.8) is 0 Å². The van der Waals surface area contributed by atoms with Crippen LogP contribution >= 0.6 is 0 Å². The third kappa shape index (κ3) is 6.80. The van der Waals surface area contributed by atoms with Gasteiger partial charge in [-0.05, 0) is 55.0 Å². The van der Waals surface area contributed by atoms with Gasteiger partial charge in [0.25, 0.3) is 0 Å². The maximum Gasteiger partial charge on any atom is 0.305 e. The summed E-state index contributed by atoms with van der Waals surface area (Å²) in [5.41, 5.74) is 3.22. The van der Waals surface area contributed by atoms with Crippen LogP contribution in [0.15, 0.2) is 42.6 Å². The number of nitrogens with zero attached hydrogens (tertiary/aromatic N) is 2. The molecule has 0 spiro atoms. The molecule has 1 aliphatic rings. The van der Waals surface area contributed by atoms with Gasteiger partial charge < -0.3 is 20.6 Å². The first-order chi connectivity index (χ1) is 15.4. The fourth-order valence-corrected chi connectivity index (χ4v) is 3.89. The average Bonchev–Trinajstić information content (AvgIpc) is 2.76. The van der Waals surface area contributed by atoms with Crippen molar-refractivity contribution < 1.29 is 19.5 Å². The lowest BCUT2D eigenvalue weighted by molar-refractivity contribution is -0.142. The molecule has 8 nitrogen and oxygen atoms in total. The SMILES string of the molecule is Cc1ccnc(NCCCCC(=O)NCC(=O)N2Cc3ccccc3CC2CC(=O)O)c1. The molecule has 0 aliphatic carbocycles. The van der Waals surface area contributed by atoms with E-state index in [1.54, 1.807) is 11.1 Å². The Balaban J connectivity index is 1.41. The number of rotatable bonds is 10. The molecule has 2 aromatic rings. The maximum atomic E-state index is 12.8. The van der Waals surface area contributed by atoms with Gasteiger partial charge in [0.2, 0.25) is 11.8 Å². The highest BCUT2D eigenvalue weighted by Crippen LogP contribution is 2.25. The molecule has 32 heavy (non-hydrogen) atoms. The van der Waals surface area contributed by atoms with Crippen LogP contribution in [-0.4, -0.2) is 51.9 Å². The maximum absolute atomic E-state index is 12.8. The fraction of sp³-hybridized carbons (Fsp3) is 0.417. The Kier molecular flexibility index (Phi) is 8.19. The quantitative estimate of drug-likeness (QED) is 0.492. The van der Waals surface area contributed by atoms with Crippen molar-refractivity contribution in [1.82, 2.24) is 15.2 Å². The fourth-order valence-electron chi connectivity index (χ4n) is 3.89. The minimum Gasteiger partial charge on any atom is -0.481 e. The van der Waals surface area contributed by atoms with Crippen molar-refractivity contribution in [3.8, 4) is 0 Å². The third-order valence-corrected chi connectivity index (χ3v) is 5.57. The molecule has 8 heteroatoms. The molecule has 2 amide bonds. The Labute approximate surface area is 188 Å². The van der Waals surface area contributed by atoms with Gasteiger partial charge in [-0.1, -0.05) is 24.3 Å². The largest absolute Gasteiger partial charge is 0.481 e. The lowest BCUT2D eigenvalue weighted by Crippen LogP contribution is -2.49. The number of aromatic nitrogens is 1. The van der Waals surface area contributed by atoms with Gasteiger partial charge in [0.15, 0.2) is 0 Å². The zero-order valence-corrected chi connectivity index (χ0v) is 18.3. The molecule has 3 N–H and O–H groups in total. The summed E-state index contributed by atoms with van der Waals surface area (Å²) in [6.45, 7) is 2.96. The number of carbonyl (C=O) groups is 3. The van der Waals surface area contributed by atoms with E-state index in [0.717, 1.165) is 28.9 Å². The van der Waals surface area contributed by atoms with E-state index in [1.807, 2.05) is 43.3 Å². The highest BCUT2D eigenvalue weighted by atomic mass is 16.4. The van der Waals surface area contributed by atoms with Crippen LogP contribution in [0, 0.1) is 6.92 Å². The molecule has 170 valence electrons. The summed E-state index contributed by atoms with van der Waals surface area (Å²) in [6, 6.07) is 11.2. The minimum atomic E-state index is -0.939. The molecule has 1 unspecified atom stereocenters. The van der Waals surface area contributed by atoms with Gasteiger partial charge in [-0.3, -0.25) is 14.4 Å². The zero-order valence-electron chi connectivity index (χ0n) is 18.3. The number of fused-ring (bicyclic) bond motifs is 1. The Morgan fingerprint density at radius 1 is 1.16 bits per heavy atom. The molecule has 0 fully saturated rings. The standard InChI is InChI=1S/C24H30N4O4/c1-17-9-11-26-21(12-17)25-10-5-4-8-22(29)27-15-23(30)28-16-19-7-3-2-6-18(19)13-20(28)14-24(31)32/h2-3,6-7,9,11-12,20H,4-5,8,10,13-16H2,1H3,(H,25,26)(H,27,29)(H,31,32). The van der Waals surface area contributed by atoms with Gasteiger partial charge in [-0.2, -0.15) is 0 Å². The van der Waals surface area contributed by atoms with Crippen LogP contribution in [0.4, 0.5) is 5.82 Å². The summed E-state index contributed by atoms with van der Waals surface area (Å²) in [6.07, 6.45) is 3.97. The number of amides is 2. The first-order valence-electron chi connectivity index (χ1n) is 10.9. The topological polar surface area (TPSA) is 112 Å². The predicted octanol–water partition coefficient (Wildman–Crippen LogP) is 2.52. The van der Waals surface area contributed by atoms with Gasteiger partial charge >= 0.3 is 5.97 Å². The summed E-state index contributed by atoms with van der Waals surface area (Å²) in [5, 5.41) is 15.2. The van der Waals surface area contributed by atoms with E-state index in [1.165, 1.54) is 0 Å². The smallest absolute Gasteiger partial charge is 0.305 e. The molecule has 0 bridgehead atoms. The number of aliphatic carboxylic acids is 1. The van der Waals surface area contributed by atoms with E-state index < -0.39 is 12.0 Å². The van der Waals surface area contributed by atoms with Gasteiger partial charge in [-0.25, -0.2) is 4.98 Å². The summed E-state index contributed by atoms with van der Waals surface area (Å²) in [7, 11) is 0. The third-order valence-electron chi connectivity index (χ3n) is 5.57. The Bertz CT molecular complexity index is 963. The number of pyridine rings is 1. The van der Waals surface area contributed by atoms with E-state index in [2.05, 4.69) is 15.6 Å². The number of carboxylic acids is 1. The molecule has 0 saturated heterocycles. The molecule has 1 atom stereocenters. The molecule has 0 saturated carbocycles. The molecular formula is C24H30N4O4. The predicted molar refractivity (Wildman–Crippen MR) is 121 cm³/mol. The molecule has 0 radical (unpaired) electrons. The number of unbranched alkanes of at least 4 members (excludes halogenated alkanes) is 1. The van der Waals surface area contributed by atoms with E-state index in [-0.39, 0.29) is 24.8 Å². The molecular weight excluding hydrogens is 408 g/mol. The first kappa shape index (κ1) is 23.2. The van der Waals surface area contributed by atoms with Crippen molar-refractivity contribution in [2.24, 2.45) is 0 Å². The van der Waals surface area contributed by atoms with Crippen molar-refractivity contribution in [2.45, 2.75) is 51.6 Å². The van der Waals surface area contributed by atoms with Crippen molar-refractivity contribution in [1.29, 1.82) is 0 Å². The van der Waals surface area contributed by atoms with Gasteiger partial charge in [0.1, 0.15) is 5.82 Å².